The molecule has 8 heteroatoms. The number of amides is 1. The van der Waals surface area contributed by atoms with Crippen molar-refractivity contribution in [1.82, 2.24) is 10.2 Å². The van der Waals surface area contributed by atoms with Gasteiger partial charge in [0.2, 0.25) is 5.91 Å². The Bertz CT molecular complexity index is 302. The number of carbonyl (C=O) groups is 2. The summed E-state index contributed by atoms with van der Waals surface area (Å²) in [5, 5.41) is 2.92. The molecule has 0 rings (SSSR count). The molecule has 0 atom stereocenters. The van der Waals surface area contributed by atoms with Gasteiger partial charge in [-0.15, -0.1) is 0 Å². The summed E-state index contributed by atoms with van der Waals surface area (Å²) in [7, 11) is 1.61. The van der Waals surface area contributed by atoms with E-state index < -0.39 is 0 Å². The van der Waals surface area contributed by atoms with Gasteiger partial charge in [0.25, 0.3) is 0 Å². The summed E-state index contributed by atoms with van der Waals surface area (Å²) < 4.78 is 15.5. The number of rotatable bonds is 15. The molecule has 0 fully saturated rings. The van der Waals surface area contributed by atoms with Crippen molar-refractivity contribution in [2.24, 2.45) is 5.73 Å². The largest absolute Gasteiger partial charge is 0.382 e. The van der Waals surface area contributed by atoms with Crippen LogP contribution in [-0.4, -0.2) is 89.5 Å². The molecule has 0 radical (unpaired) electrons. The van der Waals surface area contributed by atoms with Crippen molar-refractivity contribution in [2.45, 2.75) is 6.92 Å². The van der Waals surface area contributed by atoms with Crippen LogP contribution in [0.25, 0.3) is 0 Å². The number of nitrogens with two attached hydrogens (primary N) is 1. The van der Waals surface area contributed by atoms with Crippen molar-refractivity contribution in [3.8, 4) is 0 Å². The van der Waals surface area contributed by atoms with Gasteiger partial charge in [-0.1, -0.05) is 0 Å². The van der Waals surface area contributed by atoms with Gasteiger partial charge in [0, 0.05) is 26.7 Å². The number of carbonyl (C=O) groups excluding carboxylic acids is 2. The molecule has 0 saturated heterocycles. The normalized spacial score (nSPS) is 10.7. The average molecular weight is 319 g/mol. The predicted molar refractivity (Wildman–Crippen MR) is 82.7 cm³/mol. The Morgan fingerprint density at radius 2 is 1.73 bits per heavy atom. The number of nitrogens with zero attached hydrogens (tertiary/aromatic N) is 1. The van der Waals surface area contributed by atoms with Crippen molar-refractivity contribution >= 4 is 11.7 Å². The van der Waals surface area contributed by atoms with E-state index in [-0.39, 0.29) is 24.8 Å². The van der Waals surface area contributed by atoms with E-state index in [1.54, 1.807) is 7.11 Å². The van der Waals surface area contributed by atoms with Crippen LogP contribution < -0.4 is 11.1 Å². The highest BCUT2D eigenvalue weighted by Gasteiger charge is 2.14. The Labute approximate surface area is 132 Å². The Hall–Kier alpha value is -1.06. The molecule has 0 aromatic rings. The van der Waals surface area contributed by atoms with E-state index in [9.17, 15) is 9.59 Å². The van der Waals surface area contributed by atoms with Crippen molar-refractivity contribution < 1.29 is 23.8 Å². The predicted octanol–water partition coefficient (Wildman–Crippen LogP) is -1.37. The Kier molecular flexibility index (Phi) is 14.1. The molecule has 130 valence electrons. The van der Waals surface area contributed by atoms with E-state index in [1.807, 2.05) is 0 Å². The molecule has 0 heterocycles. The van der Waals surface area contributed by atoms with Gasteiger partial charge in [0.1, 0.15) is 5.78 Å². The van der Waals surface area contributed by atoms with E-state index >= 15 is 0 Å². The van der Waals surface area contributed by atoms with E-state index in [0.717, 1.165) is 0 Å². The second-order valence-electron chi connectivity index (χ2n) is 4.70. The fraction of sp³-hybridized carbons (Fsp3) is 0.857. The maximum Gasteiger partial charge on any atom is 0.237 e. The van der Waals surface area contributed by atoms with Crippen LogP contribution in [0.3, 0.4) is 0 Å². The summed E-state index contributed by atoms with van der Waals surface area (Å²) in [6.07, 6.45) is 0. The van der Waals surface area contributed by atoms with Crippen LogP contribution in [-0.2, 0) is 23.8 Å². The van der Waals surface area contributed by atoms with Crippen molar-refractivity contribution in [1.29, 1.82) is 0 Å². The van der Waals surface area contributed by atoms with Crippen LogP contribution in [0.5, 0.6) is 0 Å². The second kappa shape index (κ2) is 14.9. The van der Waals surface area contributed by atoms with E-state index in [4.69, 9.17) is 19.9 Å². The molecule has 0 saturated carbocycles. The number of ether oxygens (including phenoxy) is 3. The third-order valence-electron chi connectivity index (χ3n) is 2.67. The Balaban J connectivity index is 3.84. The van der Waals surface area contributed by atoms with Crippen molar-refractivity contribution in [3.05, 3.63) is 0 Å². The maximum absolute atomic E-state index is 12.0. The molecule has 0 spiro atoms. The number of nitrogens with one attached hydrogen (secondary N) is 1. The fourth-order valence-corrected chi connectivity index (χ4v) is 1.61. The van der Waals surface area contributed by atoms with Gasteiger partial charge in [-0.2, -0.15) is 0 Å². The van der Waals surface area contributed by atoms with E-state index in [2.05, 4.69) is 5.32 Å². The standard InChI is InChI=1S/C14H29N3O5/c1-13(18)12-17(14(19)11-16-4-3-15)5-6-21-9-10-22-8-7-20-2/h16H,3-12,15H2,1-2H3. The first-order valence-corrected chi connectivity index (χ1v) is 7.44. The van der Waals surface area contributed by atoms with Crippen LogP contribution >= 0.6 is 0 Å². The van der Waals surface area contributed by atoms with Gasteiger partial charge in [0.05, 0.1) is 46.1 Å². The topological polar surface area (TPSA) is 103 Å². The lowest BCUT2D eigenvalue weighted by molar-refractivity contribution is -0.134. The van der Waals surface area contributed by atoms with Gasteiger partial charge in [-0.3, -0.25) is 9.59 Å². The number of hydrogen-bond donors (Lipinski definition) is 2. The van der Waals surface area contributed by atoms with Crippen LogP contribution in [0, 0.1) is 0 Å². The summed E-state index contributed by atoms with van der Waals surface area (Å²) in [6, 6.07) is 0. The van der Waals surface area contributed by atoms with Crippen molar-refractivity contribution in [2.75, 3.05) is 72.9 Å². The molecule has 0 aliphatic carbocycles. The summed E-state index contributed by atoms with van der Waals surface area (Å²) in [6.45, 7) is 5.49. The van der Waals surface area contributed by atoms with Crippen LogP contribution in [0.1, 0.15) is 6.92 Å². The lowest BCUT2D eigenvalue weighted by Crippen LogP contribution is -2.43. The maximum atomic E-state index is 12.0. The third-order valence-corrected chi connectivity index (χ3v) is 2.67. The quantitative estimate of drug-likeness (QED) is 0.359. The minimum Gasteiger partial charge on any atom is -0.382 e. The SMILES string of the molecule is COCCOCCOCCN(CC(C)=O)C(=O)CNCCN. The average Bonchev–Trinajstić information content (AvgIpc) is 2.48. The highest BCUT2D eigenvalue weighted by molar-refractivity contribution is 5.85. The summed E-state index contributed by atoms with van der Waals surface area (Å²) in [5.41, 5.74) is 5.35. The van der Waals surface area contributed by atoms with Gasteiger partial charge in [-0.25, -0.2) is 0 Å². The smallest absolute Gasteiger partial charge is 0.237 e. The molecule has 0 bridgehead atoms. The van der Waals surface area contributed by atoms with Crippen LogP contribution in [0.4, 0.5) is 0 Å². The Morgan fingerprint density at radius 3 is 2.32 bits per heavy atom. The highest BCUT2D eigenvalue weighted by Crippen LogP contribution is 1.92. The molecule has 0 aromatic carbocycles. The molecule has 0 aromatic heterocycles. The van der Waals surface area contributed by atoms with E-state index in [1.165, 1.54) is 11.8 Å². The molecule has 3 N–H and O–H groups in total. The lowest BCUT2D eigenvalue weighted by atomic mass is 10.3. The zero-order valence-electron chi connectivity index (χ0n) is 13.6. The minimum absolute atomic E-state index is 0.0601. The molecule has 0 unspecified atom stereocenters. The fourth-order valence-electron chi connectivity index (χ4n) is 1.61. The van der Waals surface area contributed by atoms with E-state index in [0.29, 0.717) is 52.7 Å². The number of methoxy groups -OCH3 is 1. The molecule has 8 nitrogen and oxygen atoms in total. The Morgan fingerprint density at radius 1 is 1.09 bits per heavy atom. The summed E-state index contributed by atoms with van der Waals surface area (Å²) in [5.74, 6) is -0.196. The molecule has 0 aliphatic heterocycles. The summed E-state index contributed by atoms with van der Waals surface area (Å²) >= 11 is 0. The second-order valence-corrected chi connectivity index (χ2v) is 4.70. The molecule has 22 heavy (non-hydrogen) atoms. The number of ketones is 1. The van der Waals surface area contributed by atoms with Gasteiger partial charge in [-0.05, 0) is 6.92 Å². The highest BCUT2D eigenvalue weighted by atomic mass is 16.5. The third kappa shape index (κ3) is 12.7. The first-order chi connectivity index (χ1) is 10.6. The first-order valence-electron chi connectivity index (χ1n) is 7.44. The van der Waals surface area contributed by atoms with Gasteiger partial charge < -0.3 is 30.2 Å². The van der Waals surface area contributed by atoms with Gasteiger partial charge in [0.15, 0.2) is 0 Å². The van der Waals surface area contributed by atoms with Crippen LogP contribution in [0.15, 0.2) is 0 Å². The zero-order valence-corrected chi connectivity index (χ0v) is 13.6. The minimum atomic E-state index is -0.136. The van der Waals surface area contributed by atoms with Crippen molar-refractivity contribution in [3.63, 3.8) is 0 Å². The van der Waals surface area contributed by atoms with Crippen LogP contribution in [0.2, 0.25) is 0 Å². The van der Waals surface area contributed by atoms with Gasteiger partial charge >= 0.3 is 0 Å². The molecule has 0 aliphatic rings. The first kappa shape index (κ1) is 20.9. The zero-order chi connectivity index (χ0) is 16.6. The molecular formula is C14H29N3O5. The summed E-state index contributed by atoms with van der Waals surface area (Å²) in [4.78, 5) is 24.7. The monoisotopic (exact) mass is 319 g/mol. The number of Topliss-reactive ketones (excluding diaryl/α,β-unsaturated/α-hetero) is 1. The lowest BCUT2D eigenvalue weighted by Gasteiger charge is -2.21. The molecular weight excluding hydrogens is 290 g/mol. The molecule has 1 amide bonds. The number of hydrogen-bond acceptors (Lipinski definition) is 7.